The molecule has 1 aromatic carbocycles. The quantitative estimate of drug-likeness (QED) is 0.899. The summed E-state index contributed by atoms with van der Waals surface area (Å²) in [6.07, 6.45) is 1.19. The molecule has 1 aliphatic heterocycles. The normalized spacial score (nSPS) is 20.1. The summed E-state index contributed by atoms with van der Waals surface area (Å²) in [6, 6.07) is 13.4. The molecule has 0 radical (unpaired) electrons. The van der Waals surface area contributed by atoms with Crippen LogP contribution < -0.4 is 5.32 Å². The molecule has 0 aliphatic carbocycles. The van der Waals surface area contributed by atoms with E-state index in [0.717, 1.165) is 19.8 Å². The molecule has 3 heteroatoms. The van der Waals surface area contributed by atoms with Crippen molar-refractivity contribution >= 4 is 11.3 Å². The van der Waals surface area contributed by atoms with E-state index in [0.29, 0.717) is 12.0 Å². The summed E-state index contributed by atoms with van der Waals surface area (Å²) in [5.74, 6) is 0.670. The van der Waals surface area contributed by atoms with Crippen LogP contribution in [0.3, 0.4) is 0 Å². The van der Waals surface area contributed by atoms with Gasteiger partial charge in [-0.3, -0.25) is 0 Å². The number of hydrogen-bond donors (Lipinski definition) is 1. The first-order valence-electron chi connectivity index (χ1n) is 7.27. The lowest BCUT2D eigenvalue weighted by molar-refractivity contribution is 0.178. The predicted octanol–water partition coefficient (Wildman–Crippen LogP) is 3.93. The molecule has 1 N–H and O–H groups in total. The van der Waals surface area contributed by atoms with Gasteiger partial charge < -0.3 is 10.1 Å². The predicted molar refractivity (Wildman–Crippen MR) is 85.0 cm³/mol. The summed E-state index contributed by atoms with van der Waals surface area (Å²) < 4.78 is 5.45. The first kappa shape index (κ1) is 13.8. The van der Waals surface area contributed by atoms with Gasteiger partial charge in [0, 0.05) is 24.1 Å². The highest BCUT2D eigenvalue weighted by atomic mass is 32.1. The van der Waals surface area contributed by atoms with Crippen molar-refractivity contribution in [3.8, 4) is 11.1 Å². The van der Waals surface area contributed by atoms with Crippen LogP contribution in [0.25, 0.3) is 11.1 Å². The molecular formula is C17H21NOS. The minimum atomic E-state index is 0.528. The van der Waals surface area contributed by atoms with E-state index >= 15 is 0 Å². The Morgan fingerprint density at radius 2 is 2.15 bits per heavy atom. The van der Waals surface area contributed by atoms with Crippen LogP contribution in [0.2, 0.25) is 0 Å². The maximum absolute atomic E-state index is 5.45. The number of ether oxygens (including phenoxy) is 1. The minimum absolute atomic E-state index is 0.528. The summed E-state index contributed by atoms with van der Waals surface area (Å²) in [4.78, 5) is 1.40. The molecule has 20 heavy (non-hydrogen) atoms. The Morgan fingerprint density at radius 3 is 2.90 bits per heavy atom. The molecule has 0 bridgehead atoms. The Hall–Kier alpha value is -1.16. The summed E-state index contributed by atoms with van der Waals surface area (Å²) in [6.45, 7) is 5.06. The van der Waals surface area contributed by atoms with Gasteiger partial charge in [0.1, 0.15) is 0 Å². The summed E-state index contributed by atoms with van der Waals surface area (Å²) in [7, 11) is 0. The van der Waals surface area contributed by atoms with E-state index in [1.165, 1.54) is 22.4 Å². The zero-order chi connectivity index (χ0) is 13.8. The summed E-state index contributed by atoms with van der Waals surface area (Å²) >= 11 is 1.84. The average Bonchev–Trinajstić information content (AvgIpc) is 3.17. The van der Waals surface area contributed by atoms with Crippen LogP contribution in [-0.4, -0.2) is 19.3 Å². The molecule has 3 rings (SSSR count). The molecule has 2 atom stereocenters. The molecule has 0 saturated carbocycles. The Balaban J connectivity index is 1.57. The summed E-state index contributed by atoms with van der Waals surface area (Å²) in [5.41, 5.74) is 2.62. The zero-order valence-corrected chi connectivity index (χ0v) is 12.7. The van der Waals surface area contributed by atoms with Gasteiger partial charge in [-0.25, -0.2) is 0 Å². The fourth-order valence-corrected chi connectivity index (χ4v) is 3.47. The maximum atomic E-state index is 5.45. The molecule has 0 spiro atoms. The molecule has 0 amide bonds. The number of hydrogen-bond acceptors (Lipinski definition) is 3. The largest absolute Gasteiger partial charge is 0.381 e. The van der Waals surface area contributed by atoms with Gasteiger partial charge in [-0.1, -0.05) is 30.3 Å². The monoisotopic (exact) mass is 287 g/mol. The highest BCUT2D eigenvalue weighted by Crippen LogP contribution is 2.25. The molecular weight excluding hydrogens is 266 g/mol. The molecule has 2 nitrogen and oxygen atoms in total. The third kappa shape index (κ3) is 3.29. The van der Waals surface area contributed by atoms with Crippen molar-refractivity contribution in [1.82, 2.24) is 5.32 Å². The maximum Gasteiger partial charge on any atom is 0.0509 e. The lowest BCUT2D eigenvalue weighted by Crippen LogP contribution is -2.33. The van der Waals surface area contributed by atoms with Crippen molar-refractivity contribution in [3.05, 3.63) is 46.7 Å². The summed E-state index contributed by atoms with van der Waals surface area (Å²) in [5, 5.41) is 5.88. The van der Waals surface area contributed by atoms with Crippen LogP contribution in [0.15, 0.2) is 41.8 Å². The van der Waals surface area contributed by atoms with Crippen molar-refractivity contribution < 1.29 is 4.74 Å². The lowest BCUT2D eigenvalue weighted by Gasteiger charge is -2.18. The van der Waals surface area contributed by atoms with Crippen molar-refractivity contribution in [2.45, 2.75) is 25.9 Å². The van der Waals surface area contributed by atoms with Crippen LogP contribution >= 0.6 is 11.3 Å². The molecule has 1 aliphatic rings. The first-order valence-corrected chi connectivity index (χ1v) is 8.15. The molecule has 2 heterocycles. The smallest absolute Gasteiger partial charge is 0.0509 e. The van der Waals surface area contributed by atoms with Crippen molar-refractivity contribution in [1.29, 1.82) is 0 Å². The van der Waals surface area contributed by atoms with Crippen molar-refractivity contribution in [3.63, 3.8) is 0 Å². The second-order valence-electron chi connectivity index (χ2n) is 5.46. The highest BCUT2D eigenvalue weighted by molar-refractivity contribution is 7.10. The first-order chi connectivity index (χ1) is 9.83. The Labute approximate surface area is 124 Å². The van der Waals surface area contributed by atoms with Gasteiger partial charge in [0.2, 0.25) is 0 Å². The van der Waals surface area contributed by atoms with Gasteiger partial charge in [0.15, 0.2) is 0 Å². The lowest BCUT2D eigenvalue weighted by atomic mass is 10.0. The standard InChI is InChI=1S/C17H21NOS/c1-13(15-7-8-19-11-15)18-10-17-9-16(12-20-17)14-5-3-2-4-6-14/h2-6,9,12-13,15,18H,7-8,10-11H2,1H3. The second-order valence-corrected chi connectivity index (χ2v) is 6.46. The van der Waals surface area contributed by atoms with E-state index < -0.39 is 0 Å². The van der Waals surface area contributed by atoms with Gasteiger partial charge in [0.25, 0.3) is 0 Å². The van der Waals surface area contributed by atoms with Gasteiger partial charge in [-0.15, -0.1) is 11.3 Å². The van der Waals surface area contributed by atoms with E-state index in [9.17, 15) is 0 Å². The molecule has 1 fully saturated rings. The molecule has 106 valence electrons. The van der Waals surface area contributed by atoms with Gasteiger partial charge in [-0.2, -0.15) is 0 Å². The van der Waals surface area contributed by atoms with Crippen LogP contribution in [0.1, 0.15) is 18.2 Å². The van der Waals surface area contributed by atoms with Crippen LogP contribution in [0.5, 0.6) is 0 Å². The molecule has 1 saturated heterocycles. The van der Waals surface area contributed by atoms with E-state index in [-0.39, 0.29) is 0 Å². The highest BCUT2D eigenvalue weighted by Gasteiger charge is 2.21. The fraction of sp³-hybridized carbons (Fsp3) is 0.412. The Kier molecular flexibility index (Phi) is 4.51. The van der Waals surface area contributed by atoms with E-state index in [4.69, 9.17) is 4.74 Å². The van der Waals surface area contributed by atoms with Crippen LogP contribution in [0, 0.1) is 5.92 Å². The number of thiophene rings is 1. The zero-order valence-electron chi connectivity index (χ0n) is 11.8. The molecule has 2 aromatic rings. The Morgan fingerprint density at radius 1 is 1.30 bits per heavy atom. The number of benzene rings is 1. The van der Waals surface area contributed by atoms with Gasteiger partial charge >= 0.3 is 0 Å². The van der Waals surface area contributed by atoms with E-state index in [1.54, 1.807) is 0 Å². The minimum Gasteiger partial charge on any atom is -0.381 e. The van der Waals surface area contributed by atoms with Crippen molar-refractivity contribution in [2.75, 3.05) is 13.2 Å². The molecule has 2 unspecified atom stereocenters. The van der Waals surface area contributed by atoms with E-state index in [1.807, 2.05) is 11.3 Å². The second kappa shape index (κ2) is 6.53. The van der Waals surface area contributed by atoms with Crippen molar-refractivity contribution in [2.24, 2.45) is 5.92 Å². The molecule has 1 aromatic heterocycles. The SMILES string of the molecule is CC(NCc1cc(-c2ccccc2)cs1)C1CCOC1. The van der Waals surface area contributed by atoms with Crippen LogP contribution in [-0.2, 0) is 11.3 Å². The van der Waals surface area contributed by atoms with E-state index in [2.05, 4.69) is 54.0 Å². The van der Waals surface area contributed by atoms with Gasteiger partial charge in [-0.05, 0) is 41.8 Å². The third-order valence-electron chi connectivity index (χ3n) is 4.03. The average molecular weight is 287 g/mol. The number of nitrogens with one attached hydrogen (secondary N) is 1. The fourth-order valence-electron chi connectivity index (χ4n) is 2.63. The Bertz CT molecular complexity index is 531. The van der Waals surface area contributed by atoms with Crippen LogP contribution in [0.4, 0.5) is 0 Å². The third-order valence-corrected chi connectivity index (χ3v) is 4.97. The topological polar surface area (TPSA) is 21.3 Å². The number of rotatable bonds is 5. The van der Waals surface area contributed by atoms with Gasteiger partial charge in [0.05, 0.1) is 6.61 Å².